The quantitative estimate of drug-likeness (QED) is 0.497. The van der Waals surface area contributed by atoms with E-state index >= 15 is 0 Å². The molecule has 0 radical (unpaired) electrons. The predicted molar refractivity (Wildman–Crippen MR) is 95.2 cm³/mol. The highest BCUT2D eigenvalue weighted by Gasteiger charge is 2.20. The van der Waals surface area contributed by atoms with Crippen molar-refractivity contribution in [1.29, 1.82) is 0 Å². The van der Waals surface area contributed by atoms with E-state index in [9.17, 15) is 13.0 Å². The highest BCUT2D eigenvalue weighted by atomic mass is 32.2. The molecule has 0 heterocycles. The maximum absolute atomic E-state index is 11.7. The van der Waals surface area contributed by atoms with Gasteiger partial charge in [-0.2, -0.15) is 8.42 Å². The lowest BCUT2D eigenvalue weighted by molar-refractivity contribution is 0.444. The second-order valence-corrected chi connectivity index (χ2v) is 7.19. The molecule has 2 aromatic rings. The number of aryl methyl sites for hydroxylation is 1. The van der Waals surface area contributed by atoms with Crippen molar-refractivity contribution in [2.24, 2.45) is 0 Å². The molecule has 4 nitrogen and oxygen atoms in total. The zero-order chi connectivity index (χ0) is 17.4. The zero-order valence-corrected chi connectivity index (χ0v) is 14.8. The van der Waals surface area contributed by atoms with Gasteiger partial charge in [0.15, 0.2) is 5.75 Å². The van der Waals surface area contributed by atoms with E-state index in [-0.39, 0.29) is 10.6 Å². The monoisotopic (exact) mass is 348 g/mol. The van der Waals surface area contributed by atoms with Crippen molar-refractivity contribution in [2.75, 3.05) is 0 Å². The molecule has 1 N–H and O–H groups in total. The normalized spacial score (nSPS) is 11.4. The van der Waals surface area contributed by atoms with Gasteiger partial charge in [0.25, 0.3) is 10.1 Å². The smallest absolute Gasteiger partial charge is 0.298 e. The fourth-order valence-electron chi connectivity index (χ4n) is 2.60. The third-order valence-corrected chi connectivity index (χ3v) is 4.73. The van der Waals surface area contributed by atoms with Gasteiger partial charge in [0, 0.05) is 0 Å². The highest BCUT2D eigenvalue weighted by Crippen LogP contribution is 2.33. The van der Waals surface area contributed by atoms with Crippen LogP contribution in [0.3, 0.4) is 0 Å². The lowest BCUT2D eigenvalue weighted by atomic mass is 10.0. The van der Waals surface area contributed by atoms with Crippen LogP contribution in [0.25, 0.3) is 0 Å². The first-order valence-corrected chi connectivity index (χ1v) is 9.78. The number of hydrogen-bond donors (Lipinski definition) is 1. The minimum Gasteiger partial charge on any atom is -0.456 e. The van der Waals surface area contributed by atoms with Gasteiger partial charge in [-0.15, -0.1) is 0 Å². The average Bonchev–Trinajstić information content (AvgIpc) is 2.56. The Balaban J connectivity index is 2.25. The SMILES string of the molecule is CCCCCCCc1cccc(S(=O)(=O)O)c1Oc1ccccc1. The van der Waals surface area contributed by atoms with Crippen LogP contribution in [-0.2, 0) is 16.5 Å². The van der Waals surface area contributed by atoms with Crippen molar-refractivity contribution >= 4 is 10.1 Å². The topological polar surface area (TPSA) is 63.6 Å². The van der Waals surface area contributed by atoms with Crippen LogP contribution in [0.1, 0.15) is 44.6 Å². The Morgan fingerprint density at radius 3 is 2.29 bits per heavy atom. The molecule has 130 valence electrons. The number of hydrogen-bond acceptors (Lipinski definition) is 3. The van der Waals surface area contributed by atoms with Gasteiger partial charge in [0.05, 0.1) is 0 Å². The molecule has 0 aliphatic heterocycles. The molecular weight excluding hydrogens is 324 g/mol. The van der Waals surface area contributed by atoms with Gasteiger partial charge in [-0.3, -0.25) is 4.55 Å². The molecule has 2 rings (SSSR count). The Labute approximate surface area is 144 Å². The molecule has 0 saturated heterocycles. The minimum absolute atomic E-state index is 0.183. The van der Waals surface area contributed by atoms with E-state index in [0.29, 0.717) is 5.75 Å². The number of rotatable bonds is 9. The van der Waals surface area contributed by atoms with E-state index in [0.717, 1.165) is 24.8 Å². The van der Waals surface area contributed by atoms with Crippen LogP contribution in [0.15, 0.2) is 53.4 Å². The molecule has 0 bridgehead atoms. The van der Waals surface area contributed by atoms with E-state index in [1.165, 1.54) is 25.3 Å². The summed E-state index contributed by atoms with van der Waals surface area (Å²) in [7, 11) is -4.34. The molecule has 0 unspecified atom stereocenters. The molecule has 0 aromatic heterocycles. The van der Waals surface area contributed by atoms with Gasteiger partial charge in [0.1, 0.15) is 10.6 Å². The maximum Gasteiger partial charge on any atom is 0.298 e. The fraction of sp³-hybridized carbons (Fsp3) is 0.368. The summed E-state index contributed by atoms with van der Waals surface area (Å²) in [5, 5.41) is 0. The Kier molecular flexibility index (Phi) is 6.82. The Morgan fingerprint density at radius 1 is 0.917 bits per heavy atom. The molecule has 2 aromatic carbocycles. The molecule has 5 heteroatoms. The van der Waals surface area contributed by atoms with Crippen molar-refractivity contribution in [3.05, 3.63) is 54.1 Å². The minimum atomic E-state index is -4.34. The molecule has 0 atom stereocenters. The van der Waals surface area contributed by atoms with Crippen LogP contribution >= 0.6 is 0 Å². The van der Waals surface area contributed by atoms with Gasteiger partial charge < -0.3 is 4.74 Å². The van der Waals surface area contributed by atoms with Crippen molar-refractivity contribution in [3.8, 4) is 11.5 Å². The fourth-order valence-corrected chi connectivity index (χ4v) is 3.26. The van der Waals surface area contributed by atoms with Crippen molar-refractivity contribution in [3.63, 3.8) is 0 Å². The lowest BCUT2D eigenvalue weighted by Gasteiger charge is -2.14. The molecule has 0 aliphatic carbocycles. The molecule has 0 fully saturated rings. The van der Waals surface area contributed by atoms with Crippen LogP contribution in [0.5, 0.6) is 11.5 Å². The average molecular weight is 348 g/mol. The standard InChI is InChI=1S/C19H24O4S/c1-2-3-4-5-7-11-16-12-10-15-18(24(20,21)22)19(16)23-17-13-8-6-9-14-17/h6,8-10,12-15H,2-5,7,11H2,1H3,(H,20,21,22). The molecule has 0 saturated carbocycles. The summed E-state index contributed by atoms with van der Waals surface area (Å²) in [5.41, 5.74) is 0.797. The van der Waals surface area contributed by atoms with Crippen molar-refractivity contribution in [1.82, 2.24) is 0 Å². The first-order chi connectivity index (χ1) is 11.5. The summed E-state index contributed by atoms with van der Waals surface area (Å²) in [6.45, 7) is 2.17. The Morgan fingerprint density at radius 2 is 1.62 bits per heavy atom. The molecule has 0 amide bonds. The predicted octanol–water partition coefficient (Wildman–Crippen LogP) is 5.24. The summed E-state index contributed by atoms with van der Waals surface area (Å²) in [5.74, 6) is 0.766. The summed E-state index contributed by atoms with van der Waals surface area (Å²) in [4.78, 5) is -0.183. The van der Waals surface area contributed by atoms with E-state index < -0.39 is 10.1 Å². The molecular formula is C19H24O4S. The number of unbranched alkanes of at least 4 members (excludes halogenated alkanes) is 4. The van der Waals surface area contributed by atoms with Crippen LogP contribution < -0.4 is 4.74 Å². The van der Waals surface area contributed by atoms with Crippen LogP contribution in [0.4, 0.5) is 0 Å². The zero-order valence-electron chi connectivity index (χ0n) is 13.9. The number of benzene rings is 2. The Hall–Kier alpha value is -1.85. The summed E-state index contributed by atoms with van der Waals surface area (Å²) in [6, 6.07) is 13.9. The summed E-state index contributed by atoms with van der Waals surface area (Å²) >= 11 is 0. The maximum atomic E-state index is 11.7. The largest absolute Gasteiger partial charge is 0.456 e. The Bertz CT molecular complexity index is 739. The van der Waals surface area contributed by atoms with Crippen LogP contribution in [-0.4, -0.2) is 13.0 Å². The van der Waals surface area contributed by atoms with Crippen LogP contribution in [0.2, 0.25) is 0 Å². The third-order valence-electron chi connectivity index (χ3n) is 3.85. The summed E-state index contributed by atoms with van der Waals surface area (Å²) in [6.07, 6.45) is 6.33. The highest BCUT2D eigenvalue weighted by molar-refractivity contribution is 7.86. The van der Waals surface area contributed by atoms with Gasteiger partial charge in [-0.05, 0) is 36.6 Å². The van der Waals surface area contributed by atoms with E-state index in [4.69, 9.17) is 4.74 Å². The first kappa shape index (κ1) is 18.5. The van der Waals surface area contributed by atoms with E-state index in [1.807, 2.05) is 24.3 Å². The van der Waals surface area contributed by atoms with Crippen molar-refractivity contribution in [2.45, 2.75) is 50.3 Å². The number of para-hydroxylation sites is 2. The van der Waals surface area contributed by atoms with Gasteiger partial charge >= 0.3 is 0 Å². The van der Waals surface area contributed by atoms with Crippen molar-refractivity contribution < 1.29 is 17.7 Å². The van der Waals surface area contributed by atoms with Crippen LogP contribution in [0, 0.1) is 0 Å². The lowest BCUT2D eigenvalue weighted by Crippen LogP contribution is -2.04. The third kappa shape index (κ3) is 5.35. The van der Waals surface area contributed by atoms with E-state index in [2.05, 4.69) is 6.92 Å². The second kappa shape index (κ2) is 8.85. The van der Waals surface area contributed by atoms with E-state index in [1.54, 1.807) is 18.2 Å². The number of ether oxygens (including phenoxy) is 1. The van der Waals surface area contributed by atoms with Gasteiger partial charge in [-0.1, -0.05) is 62.9 Å². The molecule has 24 heavy (non-hydrogen) atoms. The summed E-state index contributed by atoms with van der Waals surface area (Å²) < 4.78 is 38.7. The first-order valence-electron chi connectivity index (χ1n) is 8.34. The second-order valence-electron chi connectivity index (χ2n) is 5.80. The molecule has 0 spiro atoms. The van der Waals surface area contributed by atoms with Gasteiger partial charge in [0.2, 0.25) is 0 Å². The molecule has 0 aliphatic rings. The van der Waals surface area contributed by atoms with Gasteiger partial charge in [-0.25, -0.2) is 0 Å².